The lowest BCUT2D eigenvalue weighted by molar-refractivity contribution is -0.115. The van der Waals surface area contributed by atoms with Gasteiger partial charge in [0.15, 0.2) is 11.5 Å². The number of amides is 2. The first-order chi connectivity index (χ1) is 11.1. The van der Waals surface area contributed by atoms with Gasteiger partial charge in [-0.2, -0.15) is 0 Å². The normalized spacial score (nSPS) is 15.8. The molecule has 6 nitrogen and oxygen atoms in total. The van der Waals surface area contributed by atoms with Gasteiger partial charge < -0.3 is 13.9 Å². The van der Waals surface area contributed by atoms with Crippen LogP contribution in [0.5, 0.6) is 11.5 Å². The first kappa shape index (κ1) is 15.2. The van der Waals surface area contributed by atoms with Crippen LogP contribution in [0.2, 0.25) is 0 Å². The molecule has 0 aliphatic carbocycles. The molecule has 0 saturated carbocycles. The van der Waals surface area contributed by atoms with Crippen LogP contribution in [0.4, 0.5) is 4.79 Å². The Balaban J connectivity index is 1.89. The van der Waals surface area contributed by atoms with E-state index < -0.39 is 5.91 Å². The average molecular weight is 331 g/mol. The molecule has 0 unspecified atom stereocenters. The van der Waals surface area contributed by atoms with Crippen molar-refractivity contribution in [1.82, 2.24) is 5.32 Å². The summed E-state index contributed by atoms with van der Waals surface area (Å²) in [4.78, 5) is 23.0. The molecule has 2 heterocycles. The highest BCUT2D eigenvalue weighted by atomic mass is 32.2. The van der Waals surface area contributed by atoms with Crippen molar-refractivity contribution in [3.8, 4) is 22.8 Å². The lowest BCUT2D eigenvalue weighted by Gasteiger charge is -2.08. The number of hydrogen-bond donors (Lipinski definition) is 1. The Morgan fingerprint density at radius 2 is 1.87 bits per heavy atom. The van der Waals surface area contributed by atoms with Gasteiger partial charge in [-0.1, -0.05) is 0 Å². The van der Waals surface area contributed by atoms with E-state index in [2.05, 4.69) is 5.32 Å². The Kier molecular flexibility index (Phi) is 4.12. The molecule has 0 spiro atoms. The molecule has 1 N–H and O–H groups in total. The molecule has 118 valence electrons. The Morgan fingerprint density at radius 3 is 2.52 bits per heavy atom. The predicted octanol–water partition coefficient (Wildman–Crippen LogP) is 3.29. The van der Waals surface area contributed by atoms with Crippen LogP contribution in [-0.4, -0.2) is 25.4 Å². The Bertz CT molecular complexity index is 809. The van der Waals surface area contributed by atoms with E-state index in [1.165, 1.54) is 6.08 Å². The summed E-state index contributed by atoms with van der Waals surface area (Å²) in [5.74, 6) is 1.92. The van der Waals surface area contributed by atoms with Crippen LogP contribution in [0.25, 0.3) is 17.4 Å². The van der Waals surface area contributed by atoms with Gasteiger partial charge in [0.25, 0.3) is 11.1 Å². The van der Waals surface area contributed by atoms with Gasteiger partial charge in [0.1, 0.15) is 11.5 Å². The molecule has 1 aromatic carbocycles. The molecular weight excluding hydrogens is 318 g/mol. The zero-order valence-corrected chi connectivity index (χ0v) is 13.2. The van der Waals surface area contributed by atoms with Crippen LogP contribution in [0.15, 0.2) is 39.7 Å². The third-order valence-corrected chi connectivity index (χ3v) is 4.02. The Morgan fingerprint density at radius 1 is 1.09 bits per heavy atom. The number of thioether (sulfide) groups is 1. The molecule has 1 aliphatic heterocycles. The molecular formula is C16H13NO5S. The summed E-state index contributed by atoms with van der Waals surface area (Å²) in [6, 6.07) is 8.95. The molecule has 7 heteroatoms. The summed E-state index contributed by atoms with van der Waals surface area (Å²) in [6.45, 7) is 0. The SMILES string of the molecule is COc1ccc(-c2ccc(/C=C3\SC(=O)NC3=O)o2)cc1OC. The zero-order valence-electron chi connectivity index (χ0n) is 12.4. The highest BCUT2D eigenvalue weighted by molar-refractivity contribution is 8.18. The number of ether oxygens (including phenoxy) is 2. The van der Waals surface area contributed by atoms with Gasteiger partial charge in [0.05, 0.1) is 19.1 Å². The van der Waals surface area contributed by atoms with Crippen LogP contribution in [0.3, 0.4) is 0 Å². The van der Waals surface area contributed by atoms with Gasteiger partial charge in [-0.05, 0) is 42.1 Å². The summed E-state index contributed by atoms with van der Waals surface area (Å²) < 4.78 is 16.2. The van der Waals surface area contributed by atoms with Crippen molar-refractivity contribution >= 4 is 29.0 Å². The van der Waals surface area contributed by atoms with Crippen molar-refractivity contribution in [2.75, 3.05) is 14.2 Å². The van der Waals surface area contributed by atoms with Crippen molar-refractivity contribution in [3.63, 3.8) is 0 Å². The minimum Gasteiger partial charge on any atom is -0.493 e. The molecule has 0 atom stereocenters. The number of hydrogen-bond acceptors (Lipinski definition) is 6. The fraction of sp³-hybridized carbons (Fsp3) is 0.125. The molecule has 2 aromatic rings. The van der Waals surface area contributed by atoms with Crippen LogP contribution in [0.1, 0.15) is 5.76 Å². The standard InChI is InChI=1S/C16H13NO5S/c1-20-12-5-3-9(7-13(12)21-2)11-6-4-10(22-11)8-14-15(18)17-16(19)23-14/h3-8H,1-2H3,(H,17,18,19)/b14-8-. The van der Waals surface area contributed by atoms with E-state index in [0.29, 0.717) is 27.9 Å². The molecule has 0 bridgehead atoms. The van der Waals surface area contributed by atoms with Crippen LogP contribution < -0.4 is 14.8 Å². The van der Waals surface area contributed by atoms with E-state index in [1.807, 2.05) is 6.07 Å². The molecule has 1 saturated heterocycles. The van der Waals surface area contributed by atoms with E-state index in [4.69, 9.17) is 13.9 Å². The quantitative estimate of drug-likeness (QED) is 0.866. The summed E-state index contributed by atoms with van der Waals surface area (Å²) in [7, 11) is 3.13. The van der Waals surface area contributed by atoms with Crippen molar-refractivity contribution < 1.29 is 23.5 Å². The second-order valence-corrected chi connectivity index (χ2v) is 5.64. The fourth-order valence-corrected chi connectivity index (χ4v) is 2.79. The molecule has 3 rings (SSSR count). The zero-order chi connectivity index (χ0) is 16.4. The largest absolute Gasteiger partial charge is 0.493 e. The monoisotopic (exact) mass is 331 g/mol. The highest BCUT2D eigenvalue weighted by Gasteiger charge is 2.25. The average Bonchev–Trinajstić information content (AvgIpc) is 3.13. The Labute approximate surface area is 136 Å². The minimum atomic E-state index is -0.413. The van der Waals surface area contributed by atoms with Gasteiger partial charge in [-0.25, -0.2) is 0 Å². The maximum absolute atomic E-state index is 11.5. The first-order valence-electron chi connectivity index (χ1n) is 6.68. The molecule has 2 amide bonds. The lowest BCUT2D eigenvalue weighted by atomic mass is 10.1. The van der Waals surface area contributed by atoms with Crippen molar-refractivity contribution in [2.24, 2.45) is 0 Å². The van der Waals surface area contributed by atoms with Crippen LogP contribution >= 0.6 is 11.8 Å². The summed E-state index contributed by atoms with van der Waals surface area (Å²) >= 11 is 0.850. The number of carbonyl (C=O) groups excluding carboxylic acids is 2. The van der Waals surface area contributed by atoms with E-state index in [9.17, 15) is 9.59 Å². The number of rotatable bonds is 4. The third kappa shape index (κ3) is 3.09. The third-order valence-electron chi connectivity index (χ3n) is 3.21. The van der Waals surface area contributed by atoms with Gasteiger partial charge in [0.2, 0.25) is 0 Å². The fourth-order valence-electron chi connectivity index (χ4n) is 2.13. The topological polar surface area (TPSA) is 77.8 Å². The van der Waals surface area contributed by atoms with Crippen molar-refractivity contribution in [1.29, 1.82) is 0 Å². The number of imide groups is 1. The van der Waals surface area contributed by atoms with Crippen molar-refractivity contribution in [3.05, 3.63) is 41.0 Å². The van der Waals surface area contributed by atoms with Gasteiger partial charge in [-0.3, -0.25) is 14.9 Å². The summed E-state index contributed by atoms with van der Waals surface area (Å²) in [6.07, 6.45) is 1.54. The van der Waals surface area contributed by atoms with E-state index >= 15 is 0 Å². The lowest BCUT2D eigenvalue weighted by Crippen LogP contribution is -2.17. The number of methoxy groups -OCH3 is 2. The van der Waals surface area contributed by atoms with E-state index in [-0.39, 0.29) is 5.24 Å². The first-order valence-corrected chi connectivity index (χ1v) is 7.49. The second kappa shape index (κ2) is 6.21. The molecule has 1 fully saturated rings. The maximum Gasteiger partial charge on any atom is 0.290 e. The molecule has 1 aliphatic rings. The number of furan rings is 1. The van der Waals surface area contributed by atoms with E-state index in [0.717, 1.165) is 17.3 Å². The predicted molar refractivity (Wildman–Crippen MR) is 86.4 cm³/mol. The molecule has 1 aromatic heterocycles. The summed E-state index contributed by atoms with van der Waals surface area (Å²) in [5.41, 5.74) is 0.812. The van der Waals surface area contributed by atoms with Gasteiger partial charge >= 0.3 is 0 Å². The number of nitrogens with one attached hydrogen (secondary N) is 1. The van der Waals surface area contributed by atoms with Crippen LogP contribution in [-0.2, 0) is 4.79 Å². The number of benzene rings is 1. The Hall–Kier alpha value is -2.67. The summed E-state index contributed by atoms with van der Waals surface area (Å²) in [5, 5.41) is 1.82. The molecule has 23 heavy (non-hydrogen) atoms. The number of carbonyl (C=O) groups is 2. The molecule has 0 radical (unpaired) electrons. The van der Waals surface area contributed by atoms with Gasteiger partial charge in [-0.15, -0.1) is 0 Å². The van der Waals surface area contributed by atoms with Crippen LogP contribution in [0, 0.1) is 0 Å². The van der Waals surface area contributed by atoms with Crippen molar-refractivity contribution in [2.45, 2.75) is 0 Å². The maximum atomic E-state index is 11.5. The van der Waals surface area contributed by atoms with E-state index in [1.54, 1.807) is 38.5 Å². The smallest absolute Gasteiger partial charge is 0.290 e. The minimum absolute atomic E-state index is 0.309. The highest BCUT2D eigenvalue weighted by Crippen LogP contribution is 2.34. The second-order valence-electron chi connectivity index (χ2n) is 4.62. The van der Waals surface area contributed by atoms with Gasteiger partial charge in [0, 0.05) is 11.6 Å².